The quantitative estimate of drug-likeness (QED) is 0.342. The molecular formula is C21H38OSi. The maximum atomic E-state index is 6.73. The van der Waals surface area contributed by atoms with E-state index in [1.807, 2.05) is 6.08 Å². The molecule has 0 heterocycles. The first-order valence-corrected chi connectivity index (χ1v) is 11.9. The predicted octanol–water partition coefficient (Wildman–Crippen LogP) is 7.04. The second kappa shape index (κ2) is 7.98. The van der Waals surface area contributed by atoms with Crippen molar-refractivity contribution in [2.45, 2.75) is 91.5 Å². The molecule has 0 N–H and O–H groups in total. The van der Waals surface area contributed by atoms with Gasteiger partial charge in [0.05, 0.1) is 5.60 Å². The lowest BCUT2D eigenvalue weighted by molar-refractivity contribution is 0.176. The van der Waals surface area contributed by atoms with E-state index in [0.717, 1.165) is 0 Å². The summed E-state index contributed by atoms with van der Waals surface area (Å²) in [4.78, 5) is 0. The third kappa shape index (κ3) is 4.93. The van der Waals surface area contributed by atoms with Crippen LogP contribution in [0.5, 0.6) is 0 Å². The molecule has 0 bridgehead atoms. The van der Waals surface area contributed by atoms with Gasteiger partial charge in [-0.2, -0.15) is 0 Å². The van der Waals surface area contributed by atoms with E-state index in [2.05, 4.69) is 67.2 Å². The van der Waals surface area contributed by atoms with Gasteiger partial charge in [-0.1, -0.05) is 65.0 Å². The van der Waals surface area contributed by atoms with Crippen molar-refractivity contribution in [2.75, 3.05) is 0 Å². The third-order valence-electron chi connectivity index (χ3n) is 5.90. The summed E-state index contributed by atoms with van der Waals surface area (Å²) >= 11 is 0. The highest BCUT2D eigenvalue weighted by atomic mass is 28.4. The van der Waals surface area contributed by atoms with Crippen LogP contribution in [-0.2, 0) is 4.43 Å². The largest absolute Gasteiger partial charge is 0.405 e. The minimum absolute atomic E-state index is 0.274. The number of rotatable bonds is 8. The Morgan fingerprint density at radius 2 is 1.78 bits per heavy atom. The Morgan fingerprint density at radius 3 is 2.22 bits per heavy atom. The highest BCUT2D eigenvalue weighted by Crippen LogP contribution is 2.41. The molecule has 23 heavy (non-hydrogen) atoms. The van der Waals surface area contributed by atoms with Gasteiger partial charge in [-0.25, -0.2) is 0 Å². The summed E-state index contributed by atoms with van der Waals surface area (Å²) in [5.74, 6) is 0. The molecule has 0 fully saturated rings. The van der Waals surface area contributed by atoms with Crippen LogP contribution >= 0.6 is 0 Å². The van der Waals surface area contributed by atoms with Crippen molar-refractivity contribution < 1.29 is 4.43 Å². The van der Waals surface area contributed by atoms with Gasteiger partial charge in [0.25, 0.3) is 0 Å². The molecule has 0 saturated carbocycles. The average molecular weight is 335 g/mol. The average Bonchev–Trinajstić information content (AvgIpc) is 2.52. The number of allylic oxidation sites excluding steroid dienone is 3. The summed E-state index contributed by atoms with van der Waals surface area (Å²) in [5, 5.41) is 0. The van der Waals surface area contributed by atoms with Gasteiger partial charge in [-0.05, 0) is 62.2 Å². The number of hydrogen-bond acceptors (Lipinski definition) is 1. The monoisotopic (exact) mass is 334 g/mol. The van der Waals surface area contributed by atoms with Crippen LogP contribution in [0, 0.1) is 5.41 Å². The lowest BCUT2D eigenvalue weighted by atomic mass is 9.72. The van der Waals surface area contributed by atoms with Gasteiger partial charge in [0.15, 0.2) is 8.32 Å². The first-order valence-electron chi connectivity index (χ1n) is 9.40. The molecule has 0 radical (unpaired) electrons. The van der Waals surface area contributed by atoms with Gasteiger partial charge >= 0.3 is 0 Å². The fourth-order valence-corrected chi connectivity index (χ4v) is 6.85. The number of hydrogen-bond donors (Lipinski definition) is 0. The molecule has 1 aliphatic rings. The molecule has 0 amide bonds. The van der Waals surface area contributed by atoms with Gasteiger partial charge in [-0.15, -0.1) is 0 Å². The van der Waals surface area contributed by atoms with Gasteiger partial charge in [0.2, 0.25) is 0 Å². The maximum absolute atomic E-state index is 6.73. The maximum Gasteiger partial charge on any atom is 0.193 e. The predicted molar refractivity (Wildman–Crippen MR) is 106 cm³/mol. The minimum Gasteiger partial charge on any atom is -0.405 e. The van der Waals surface area contributed by atoms with E-state index in [4.69, 9.17) is 4.43 Å². The smallest absolute Gasteiger partial charge is 0.193 e. The second-order valence-electron chi connectivity index (χ2n) is 8.00. The highest BCUT2D eigenvalue weighted by molar-refractivity contribution is 6.73. The van der Waals surface area contributed by atoms with E-state index >= 15 is 0 Å². The minimum atomic E-state index is -1.65. The topological polar surface area (TPSA) is 9.23 Å². The van der Waals surface area contributed by atoms with Crippen LogP contribution in [0.4, 0.5) is 0 Å². The molecule has 132 valence electrons. The summed E-state index contributed by atoms with van der Waals surface area (Å²) in [7, 11) is -1.65. The van der Waals surface area contributed by atoms with Crippen molar-refractivity contribution in [3.8, 4) is 0 Å². The van der Waals surface area contributed by atoms with Gasteiger partial charge in [-0.3, -0.25) is 0 Å². The fraction of sp³-hybridized carbons (Fsp3) is 0.714. The van der Waals surface area contributed by atoms with Crippen molar-refractivity contribution in [3.63, 3.8) is 0 Å². The molecule has 1 unspecified atom stereocenters. The molecule has 1 nitrogen and oxygen atoms in total. The van der Waals surface area contributed by atoms with Crippen molar-refractivity contribution in [1.29, 1.82) is 0 Å². The molecular weight excluding hydrogens is 296 g/mol. The first kappa shape index (κ1) is 20.4. The molecule has 0 spiro atoms. The molecule has 0 saturated heterocycles. The molecule has 0 aromatic rings. The Morgan fingerprint density at radius 1 is 1.22 bits per heavy atom. The Bertz CT molecular complexity index is 460. The van der Waals surface area contributed by atoms with E-state index < -0.39 is 8.32 Å². The van der Waals surface area contributed by atoms with Gasteiger partial charge < -0.3 is 4.43 Å². The summed E-state index contributed by atoms with van der Waals surface area (Å²) in [6, 6.07) is 3.51. The van der Waals surface area contributed by atoms with Crippen LogP contribution in [0.15, 0.2) is 36.0 Å². The van der Waals surface area contributed by atoms with Crippen molar-refractivity contribution in [2.24, 2.45) is 5.41 Å². The zero-order chi connectivity index (χ0) is 17.7. The molecule has 0 aliphatic heterocycles. The normalized spacial score (nSPS) is 21.5. The highest BCUT2D eigenvalue weighted by Gasteiger charge is 2.35. The Hall–Kier alpha value is -0.603. The summed E-state index contributed by atoms with van der Waals surface area (Å²) < 4.78 is 6.73. The van der Waals surface area contributed by atoms with E-state index in [0.29, 0.717) is 0 Å². The Balaban J connectivity index is 3.08. The molecule has 1 atom stereocenters. The van der Waals surface area contributed by atoms with Gasteiger partial charge in [0, 0.05) is 0 Å². The van der Waals surface area contributed by atoms with E-state index in [-0.39, 0.29) is 11.0 Å². The van der Waals surface area contributed by atoms with Gasteiger partial charge in [0.1, 0.15) is 0 Å². The zero-order valence-electron chi connectivity index (χ0n) is 16.6. The Labute approximate surface area is 146 Å². The lowest BCUT2D eigenvalue weighted by Gasteiger charge is -2.38. The SMILES string of the molecule is C=CC(C)(/C=C\C1=C(C)CCCC1(C)C)O[Si](CC)(CC)CC. The van der Waals surface area contributed by atoms with Crippen LogP contribution in [0.2, 0.25) is 18.1 Å². The molecule has 1 rings (SSSR count). The fourth-order valence-electron chi connectivity index (χ4n) is 3.84. The van der Waals surface area contributed by atoms with E-state index in [1.165, 1.54) is 48.5 Å². The van der Waals surface area contributed by atoms with Crippen LogP contribution in [0.1, 0.15) is 67.7 Å². The van der Waals surface area contributed by atoms with Crippen molar-refractivity contribution >= 4 is 8.32 Å². The third-order valence-corrected chi connectivity index (χ3v) is 10.6. The molecule has 1 aliphatic carbocycles. The lowest BCUT2D eigenvalue weighted by Crippen LogP contribution is -2.44. The van der Waals surface area contributed by atoms with E-state index in [9.17, 15) is 0 Å². The van der Waals surface area contributed by atoms with Crippen LogP contribution in [0.3, 0.4) is 0 Å². The Kier molecular flexibility index (Phi) is 7.09. The molecule has 0 aromatic heterocycles. The van der Waals surface area contributed by atoms with Crippen molar-refractivity contribution in [3.05, 3.63) is 36.0 Å². The van der Waals surface area contributed by atoms with Crippen LogP contribution in [0.25, 0.3) is 0 Å². The van der Waals surface area contributed by atoms with Crippen LogP contribution in [-0.4, -0.2) is 13.9 Å². The first-order chi connectivity index (χ1) is 10.7. The molecule has 2 heteroatoms. The standard InChI is InChI=1S/C21H38OSi/c1-9-21(8,22-23(10-2,11-3)12-4)17-15-19-18(5)14-13-16-20(19,6)7/h9,15,17H,1,10-14,16H2,2-8H3/b17-15-. The zero-order valence-corrected chi connectivity index (χ0v) is 17.6. The van der Waals surface area contributed by atoms with Crippen LogP contribution < -0.4 is 0 Å². The second-order valence-corrected chi connectivity index (χ2v) is 12.7. The molecule has 0 aromatic carbocycles. The van der Waals surface area contributed by atoms with E-state index in [1.54, 1.807) is 0 Å². The summed E-state index contributed by atoms with van der Waals surface area (Å²) in [5.41, 5.74) is 2.95. The summed E-state index contributed by atoms with van der Waals surface area (Å²) in [6.45, 7) is 20.1. The summed E-state index contributed by atoms with van der Waals surface area (Å²) in [6.07, 6.45) is 10.4. The van der Waals surface area contributed by atoms with Crippen molar-refractivity contribution in [1.82, 2.24) is 0 Å².